The van der Waals surface area contributed by atoms with Crippen LogP contribution in [-0.2, 0) is 9.47 Å². The van der Waals surface area contributed by atoms with Crippen molar-refractivity contribution in [2.45, 2.75) is 0 Å². The number of aromatic nitrogens is 2. The predicted molar refractivity (Wildman–Crippen MR) is 92.3 cm³/mol. The Morgan fingerprint density at radius 3 is 1.86 bits per heavy atom. The molecule has 2 saturated heterocycles. The number of nitrogens with zero attached hydrogens (tertiary/aromatic N) is 6. The van der Waals surface area contributed by atoms with Crippen LogP contribution in [0.25, 0.3) is 11.0 Å². The molecular weight excluding hydrogens is 380 g/mol. The van der Waals surface area contributed by atoms with E-state index in [0.29, 0.717) is 13.2 Å². The Balaban J connectivity index is 2.09. The summed E-state index contributed by atoms with van der Waals surface area (Å²) in [6, 6.07) is 0. The molecular formula is C14H16N6O8. The van der Waals surface area contributed by atoms with E-state index < -0.39 is 21.2 Å². The van der Waals surface area contributed by atoms with Crippen molar-refractivity contribution in [3.8, 4) is 0 Å². The lowest BCUT2D eigenvalue weighted by Crippen LogP contribution is -2.40. The van der Waals surface area contributed by atoms with Crippen molar-refractivity contribution in [2.24, 2.45) is 0 Å². The smallest absolute Gasteiger partial charge is 0.357 e. The van der Waals surface area contributed by atoms with Gasteiger partial charge in [0.2, 0.25) is 5.69 Å². The number of hydrogen-bond donors (Lipinski definition) is 0. The summed E-state index contributed by atoms with van der Waals surface area (Å²) in [4.78, 5) is 25.6. The highest BCUT2D eigenvalue weighted by Crippen LogP contribution is 2.49. The fourth-order valence-electron chi connectivity index (χ4n) is 3.57. The van der Waals surface area contributed by atoms with Gasteiger partial charge in [-0.2, -0.15) is 0 Å². The molecule has 1 aromatic heterocycles. The first-order valence-electron chi connectivity index (χ1n) is 8.54. The fourth-order valence-corrected chi connectivity index (χ4v) is 3.57. The van der Waals surface area contributed by atoms with Gasteiger partial charge in [0.1, 0.15) is 0 Å². The maximum absolute atomic E-state index is 12.2. The third-order valence-corrected chi connectivity index (χ3v) is 4.75. The maximum Gasteiger partial charge on any atom is 0.357 e. The monoisotopic (exact) mass is 396 g/mol. The second kappa shape index (κ2) is 7.05. The Morgan fingerprint density at radius 2 is 1.36 bits per heavy atom. The summed E-state index contributed by atoms with van der Waals surface area (Å²) in [6.45, 7) is 2.14. The van der Waals surface area contributed by atoms with Crippen LogP contribution in [0.1, 0.15) is 0 Å². The van der Waals surface area contributed by atoms with Crippen LogP contribution in [0.15, 0.2) is 4.63 Å². The summed E-state index contributed by atoms with van der Waals surface area (Å²) in [7, 11) is 0. The minimum absolute atomic E-state index is 0.0246. The van der Waals surface area contributed by atoms with Crippen LogP contribution in [0.5, 0.6) is 0 Å². The number of rotatable bonds is 4. The zero-order valence-corrected chi connectivity index (χ0v) is 14.6. The molecule has 28 heavy (non-hydrogen) atoms. The number of anilines is 2. The van der Waals surface area contributed by atoms with Gasteiger partial charge >= 0.3 is 16.9 Å². The van der Waals surface area contributed by atoms with Gasteiger partial charge in [-0.15, -0.1) is 0 Å². The van der Waals surface area contributed by atoms with E-state index in [-0.39, 0.29) is 66.7 Å². The SMILES string of the molecule is O=[N+]([O-])c1c(N2CCOCC2)c([N+](=O)[O-])c2no[n+]([O-])c2c1N1CCOCC1. The number of nitro benzene ring substituents is 2. The topological polar surface area (TPSA) is 164 Å². The maximum atomic E-state index is 12.2. The van der Waals surface area contributed by atoms with Crippen molar-refractivity contribution < 1.29 is 28.9 Å². The standard InChI is InChI=1S/C14H16N6O8/c21-18(22)10-9-11(20(25)28-15-9)13(17-3-7-27-8-4-17)14(19(23)24)12(10)16-1-5-26-6-2-16/h1-8H2. The van der Waals surface area contributed by atoms with Gasteiger partial charge < -0.3 is 24.5 Å². The highest BCUT2D eigenvalue weighted by atomic mass is 16.8. The first-order valence-corrected chi connectivity index (χ1v) is 8.54. The zero-order valence-electron chi connectivity index (χ0n) is 14.6. The molecule has 0 saturated carbocycles. The van der Waals surface area contributed by atoms with E-state index in [1.54, 1.807) is 4.90 Å². The molecule has 2 aromatic rings. The van der Waals surface area contributed by atoms with Gasteiger partial charge in [0.05, 0.1) is 41.4 Å². The Hall–Kier alpha value is -3.26. The minimum atomic E-state index is -0.772. The average Bonchev–Trinajstić information content (AvgIpc) is 3.08. The molecule has 0 aliphatic carbocycles. The van der Waals surface area contributed by atoms with Crippen molar-refractivity contribution in [2.75, 3.05) is 62.4 Å². The summed E-state index contributed by atoms with van der Waals surface area (Å²) in [5.74, 6) is 0. The lowest BCUT2D eigenvalue weighted by atomic mass is 10.1. The number of morpholine rings is 2. The number of ether oxygens (including phenoxy) is 2. The molecule has 2 fully saturated rings. The Morgan fingerprint density at radius 1 is 0.857 bits per heavy atom. The van der Waals surface area contributed by atoms with Crippen LogP contribution < -0.4 is 14.7 Å². The third-order valence-electron chi connectivity index (χ3n) is 4.75. The van der Waals surface area contributed by atoms with Crippen LogP contribution in [0, 0.1) is 25.4 Å². The van der Waals surface area contributed by atoms with Crippen molar-refractivity contribution in [3.05, 3.63) is 25.4 Å². The first kappa shape index (κ1) is 18.1. The lowest BCUT2D eigenvalue weighted by molar-refractivity contribution is -0.782. The van der Waals surface area contributed by atoms with Crippen molar-refractivity contribution in [1.82, 2.24) is 5.16 Å². The molecule has 0 radical (unpaired) electrons. The van der Waals surface area contributed by atoms with E-state index >= 15 is 0 Å². The molecule has 14 nitrogen and oxygen atoms in total. The summed E-state index contributed by atoms with van der Waals surface area (Å²) in [5.41, 5.74) is -2.05. The molecule has 0 spiro atoms. The molecule has 0 bridgehead atoms. The summed E-state index contributed by atoms with van der Waals surface area (Å²) in [5, 5.41) is 39.7. The highest BCUT2D eigenvalue weighted by Gasteiger charge is 2.44. The molecule has 150 valence electrons. The van der Waals surface area contributed by atoms with E-state index in [4.69, 9.17) is 9.47 Å². The van der Waals surface area contributed by atoms with Gasteiger partial charge in [0.15, 0.2) is 5.69 Å². The van der Waals surface area contributed by atoms with E-state index in [1.165, 1.54) is 4.90 Å². The van der Waals surface area contributed by atoms with Gasteiger partial charge in [0, 0.05) is 26.2 Å². The molecule has 2 aliphatic rings. The molecule has 3 heterocycles. The number of benzene rings is 1. The minimum Gasteiger partial charge on any atom is -0.378 e. The highest BCUT2D eigenvalue weighted by molar-refractivity contribution is 6.05. The molecule has 0 amide bonds. The fraction of sp³-hybridized carbons (Fsp3) is 0.571. The normalized spacial score (nSPS) is 17.9. The summed E-state index contributed by atoms with van der Waals surface area (Å²) >= 11 is 0. The lowest BCUT2D eigenvalue weighted by Gasteiger charge is -2.31. The van der Waals surface area contributed by atoms with Gasteiger partial charge in [-0.25, -0.2) is 0 Å². The van der Waals surface area contributed by atoms with E-state index in [0.717, 1.165) is 0 Å². The quantitative estimate of drug-likeness (QED) is 0.386. The molecule has 2 aliphatic heterocycles. The second-order valence-electron chi connectivity index (χ2n) is 6.23. The van der Waals surface area contributed by atoms with Crippen molar-refractivity contribution >= 4 is 33.8 Å². The number of hydrogen-bond acceptors (Lipinski definition) is 11. The Labute approximate surface area is 156 Å². The van der Waals surface area contributed by atoms with E-state index in [2.05, 4.69) is 9.79 Å². The van der Waals surface area contributed by atoms with E-state index in [1.807, 2.05) is 0 Å². The second-order valence-corrected chi connectivity index (χ2v) is 6.23. The Kier molecular flexibility index (Phi) is 4.56. The predicted octanol–water partition coefficient (Wildman–Crippen LogP) is -0.0492. The molecule has 14 heteroatoms. The first-order chi connectivity index (χ1) is 13.5. The van der Waals surface area contributed by atoms with Gasteiger partial charge in [-0.1, -0.05) is 0 Å². The molecule has 1 aromatic carbocycles. The summed E-state index contributed by atoms with van der Waals surface area (Å²) < 4.78 is 15.1. The van der Waals surface area contributed by atoms with Crippen molar-refractivity contribution in [3.63, 3.8) is 0 Å². The van der Waals surface area contributed by atoms with E-state index in [9.17, 15) is 25.4 Å². The number of fused-ring (bicyclic) bond motifs is 1. The molecule has 0 atom stereocenters. The summed E-state index contributed by atoms with van der Waals surface area (Å²) in [6.07, 6.45) is 0. The average molecular weight is 396 g/mol. The van der Waals surface area contributed by atoms with Crippen LogP contribution in [0.2, 0.25) is 0 Å². The Bertz CT molecular complexity index is 934. The van der Waals surface area contributed by atoms with Crippen LogP contribution in [-0.4, -0.2) is 67.6 Å². The van der Waals surface area contributed by atoms with Crippen LogP contribution in [0.3, 0.4) is 0 Å². The van der Waals surface area contributed by atoms with Gasteiger partial charge in [-0.05, 0) is 4.90 Å². The van der Waals surface area contributed by atoms with Crippen molar-refractivity contribution in [1.29, 1.82) is 0 Å². The zero-order chi connectivity index (χ0) is 19.8. The molecule has 0 unspecified atom stereocenters. The van der Waals surface area contributed by atoms with Crippen LogP contribution >= 0.6 is 0 Å². The molecule has 4 rings (SSSR count). The largest absolute Gasteiger partial charge is 0.378 e. The third kappa shape index (κ3) is 2.82. The van der Waals surface area contributed by atoms with Gasteiger partial charge in [0.25, 0.3) is 5.52 Å². The van der Waals surface area contributed by atoms with Crippen LogP contribution in [0.4, 0.5) is 22.7 Å². The van der Waals surface area contributed by atoms with Gasteiger partial charge in [-0.3, -0.25) is 24.9 Å². The molecule has 0 N–H and O–H groups in total. The number of nitro groups is 2.